The Balaban J connectivity index is 2.26. The van der Waals surface area contributed by atoms with Gasteiger partial charge >= 0.3 is 6.03 Å². The molecular formula is C20H25ClN4O5S. The minimum absolute atomic E-state index is 0.0679. The molecule has 0 aliphatic carbocycles. The number of nitrogens with one attached hydrogen (secondary N) is 2. The number of halogens is 1. The van der Waals surface area contributed by atoms with Gasteiger partial charge in [0.1, 0.15) is 10.6 Å². The lowest BCUT2D eigenvalue weighted by atomic mass is 10.0. The fourth-order valence-corrected chi connectivity index (χ4v) is 3.95. The first-order valence-electron chi connectivity index (χ1n) is 9.35. The molecule has 0 saturated heterocycles. The van der Waals surface area contributed by atoms with Gasteiger partial charge in [0.25, 0.3) is 0 Å². The minimum atomic E-state index is -3.80. The number of hydrogen-bond acceptors (Lipinski definition) is 5. The van der Waals surface area contributed by atoms with Gasteiger partial charge in [0, 0.05) is 24.8 Å². The number of primary amides is 1. The van der Waals surface area contributed by atoms with E-state index in [-0.39, 0.29) is 29.4 Å². The molecule has 0 aliphatic rings. The Morgan fingerprint density at radius 2 is 1.81 bits per heavy atom. The van der Waals surface area contributed by atoms with Crippen LogP contribution >= 0.6 is 11.6 Å². The van der Waals surface area contributed by atoms with Crippen molar-refractivity contribution in [2.75, 3.05) is 26.0 Å². The molecule has 2 rings (SSSR count). The van der Waals surface area contributed by atoms with Crippen LogP contribution in [0.4, 0.5) is 10.5 Å². The van der Waals surface area contributed by atoms with Crippen LogP contribution in [0.3, 0.4) is 0 Å². The van der Waals surface area contributed by atoms with E-state index in [2.05, 4.69) is 10.6 Å². The van der Waals surface area contributed by atoms with Crippen molar-refractivity contribution in [2.45, 2.75) is 24.3 Å². The summed E-state index contributed by atoms with van der Waals surface area (Å²) in [5, 5.41) is 5.68. The molecule has 0 aliphatic heterocycles. The third kappa shape index (κ3) is 6.58. The summed E-state index contributed by atoms with van der Waals surface area (Å²) in [6, 6.07) is 9.49. The van der Waals surface area contributed by atoms with E-state index in [1.54, 1.807) is 31.2 Å². The van der Waals surface area contributed by atoms with Gasteiger partial charge in [-0.2, -0.15) is 0 Å². The number of carbonyl (C=O) groups is 2. The predicted octanol–water partition coefficient (Wildman–Crippen LogP) is 2.73. The van der Waals surface area contributed by atoms with Crippen molar-refractivity contribution in [3.8, 4) is 5.75 Å². The number of anilines is 1. The molecular weight excluding hydrogens is 444 g/mol. The number of sulfonamides is 1. The molecule has 0 heterocycles. The highest BCUT2D eigenvalue weighted by atomic mass is 35.5. The van der Waals surface area contributed by atoms with Crippen molar-refractivity contribution < 1.29 is 22.7 Å². The number of carbonyl (C=O) groups excluding carboxylic acids is 2. The van der Waals surface area contributed by atoms with E-state index in [9.17, 15) is 18.0 Å². The SMILES string of the molecule is CCOc1ccc(NC(=O)C[C@@H](NC(N)=O)c2ccc(Cl)cc2)cc1S(=O)(=O)N(C)C. The summed E-state index contributed by atoms with van der Waals surface area (Å²) in [6.45, 7) is 2.02. The van der Waals surface area contributed by atoms with Gasteiger partial charge in [0.2, 0.25) is 15.9 Å². The summed E-state index contributed by atoms with van der Waals surface area (Å²) < 4.78 is 31.8. The Kier molecular flexibility index (Phi) is 8.26. The molecule has 0 aromatic heterocycles. The van der Waals surface area contributed by atoms with E-state index < -0.39 is 28.0 Å². The Labute approximate surface area is 186 Å². The smallest absolute Gasteiger partial charge is 0.312 e. The molecule has 31 heavy (non-hydrogen) atoms. The van der Waals surface area contributed by atoms with Crippen molar-refractivity contribution >= 4 is 39.2 Å². The first kappa shape index (κ1) is 24.4. The first-order valence-corrected chi connectivity index (χ1v) is 11.2. The molecule has 2 aromatic carbocycles. The van der Waals surface area contributed by atoms with Crippen molar-refractivity contribution in [1.29, 1.82) is 0 Å². The molecule has 0 radical (unpaired) electrons. The number of nitrogens with two attached hydrogens (primary N) is 1. The Bertz CT molecular complexity index is 1040. The standard InChI is InChI=1S/C20H25ClN4O5S/c1-4-30-17-10-9-15(11-18(17)31(28,29)25(2)3)23-19(26)12-16(24-20(22)27)13-5-7-14(21)8-6-13/h5-11,16H,4,12H2,1-3H3,(H,23,26)(H3,22,24,27)/t16-/m1/s1. The third-order valence-electron chi connectivity index (χ3n) is 4.26. The largest absolute Gasteiger partial charge is 0.492 e. The molecule has 9 nitrogen and oxygen atoms in total. The zero-order valence-corrected chi connectivity index (χ0v) is 19.0. The van der Waals surface area contributed by atoms with Crippen LogP contribution in [-0.4, -0.2) is 45.4 Å². The first-order chi connectivity index (χ1) is 14.5. The Morgan fingerprint density at radius 1 is 1.16 bits per heavy atom. The van der Waals surface area contributed by atoms with Crippen LogP contribution in [0.1, 0.15) is 24.9 Å². The molecule has 0 unspecified atom stereocenters. The third-order valence-corrected chi connectivity index (χ3v) is 6.35. The monoisotopic (exact) mass is 468 g/mol. The molecule has 0 saturated carbocycles. The maximum atomic E-state index is 12.6. The fourth-order valence-electron chi connectivity index (χ4n) is 2.78. The van der Waals surface area contributed by atoms with Gasteiger partial charge in [0.15, 0.2) is 0 Å². The molecule has 0 bridgehead atoms. The summed E-state index contributed by atoms with van der Waals surface area (Å²) in [4.78, 5) is 23.9. The van der Waals surface area contributed by atoms with E-state index in [0.29, 0.717) is 10.6 Å². The van der Waals surface area contributed by atoms with Gasteiger partial charge in [-0.1, -0.05) is 23.7 Å². The number of benzene rings is 2. The van der Waals surface area contributed by atoms with E-state index in [1.165, 1.54) is 32.3 Å². The highest BCUT2D eigenvalue weighted by molar-refractivity contribution is 7.89. The topological polar surface area (TPSA) is 131 Å². The summed E-state index contributed by atoms with van der Waals surface area (Å²) >= 11 is 5.89. The molecule has 1 atom stereocenters. The van der Waals surface area contributed by atoms with Gasteiger partial charge < -0.3 is 21.1 Å². The lowest BCUT2D eigenvalue weighted by Gasteiger charge is -2.19. The zero-order chi connectivity index (χ0) is 23.2. The maximum absolute atomic E-state index is 12.6. The number of urea groups is 1. The number of hydrogen-bond donors (Lipinski definition) is 3. The van der Waals surface area contributed by atoms with E-state index in [1.807, 2.05) is 0 Å². The zero-order valence-electron chi connectivity index (χ0n) is 17.4. The number of ether oxygens (including phenoxy) is 1. The van der Waals surface area contributed by atoms with Crippen LogP contribution < -0.4 is 21.1 Å². The van der Waals surface area contributed by atoms with Crippen LogP contribution in [0.5, 0.6) is 5.75 Å². The second kappa shape index (κ2) is 10.5. The van der Waals surface area contributed by atoms with E-state index in [4.69, 9.17) is 22.1 Å². The van der Waals surface area contributed by atoms with Gasteiger partial charge in [-0.05, 0) is 42.8 Å². The predicted molar refractivity (Wildman–Crippen MR) is 119 cm³/mol. The van der Waals surface area contributed by atoms with Gasteiger partial charge in [0.05, 0.1) is 19.1 Å². The second-order valence-electron chi connectivity index (χ2n) is 6.75. The highest BCUT2D eigenvalue weighted by Gasteiger charge is 2.24. The Hall–Kier alpha value is -2.82. The molecule has 4 N–H and O–H groups in total. The molecule has 168 valence electrons. The molecule has 2 aromatic rings. The average molecular weight is 469 g/mol. The van der Waals surface area contributed by atoms with Crippen LogP contribution in [0.15, 0.2) is 47.4 Å². The number of nitrogens with zero attached hydrogens (tertiary/aromatic N) is 1. The van der Waals surface area contributed by atoms with Gasteiger partial charge in [-0.15, -0.1) is 0 Å². The lowest BCUT2D eigenvalue weighted by molar-refractivity contribution is -0.116. The minimum Gasteiger partial charge on any atom is -0.492 e. The van der Waals surface area contributed by atoms with E-state index in [0.717, 1.165) is 4.31 Å². The number of amides is 3. The summed E-state index contributed by atoms with van der Waals surface area (Å²) in [6.07, 6.45) is -0.131. The quantitative estimate of drug-likeness (QED) is 0.520. The normalized spacial score (nSPS) is 12.3. The molecule has 3 amide bonds. The number of rotatable bonds is 9. The van der Waals surface area contributed by atoms with Crippen LogP contribution in [0.2, 0.25) is 5.02 Å². The van der Waals surface area contributed by atoms with Crippen LogP contribution in [-0.2, 0) is 14.8 Å². The van der Waals surface area contributed by atoms with Crippen molar-refractivity contribution in [3.63, 3.8) is 0 Å². The van der Waals surface area contributed by atoms with Crippen LogP contribution in [0.25, 0.3) is 0 Å². The van der Waals surface area contributed by atoms with Gasteiger partial charge in [-0.3, -0.25) is 4.79 Å². The maximum Gasteiger partial charge on any atom is 0.312 e. The van der Waals surface area contributed by atoms with Crippen molar-refractivity contribution in [2.24, 2.45) is 5.73 Å². The second-order valence-corrected chi connectivity index (χ2v) is 9.30. The van der Waals surface area contributed by atoms with E-state index >= 15 is 0 Å². The molecule has 0 spiro atoms. The highest BCUT2D eigenvalue weighted by Crippen LogP contribution is 2.29. The fraction of sp³-hybridized carbons (Fsp3) is 0.300. The Morgan fingerprint density at radius 3 is 2.35 bits per heavy atom. The summed E-state index contributed by atoms with van der Waals surface area (Å²) in [7, 11) is -0.992. The summed E-state index contributed by atoms with van der Waals surface area (Å²) in [5.74, 6) is -0.269. The van der Waals surface area contributed by atoms with Gasteiger partial charge in [-0.25, -0.2) is 17.5 Å². The van der Waals surface area contributed by atoms with Crippen molar-refractivity contribution in [3.05, 3.63) is 53.1 Å². The molecule has 11 heteroatoms. The summed E-state index contributed by atoms with van der Waals surface area (Å²) in [5.41, 5.74) is 6.14. The average Bonchev–Trinajstić information content (AvgIpc) is 2.68. The van der Waals surface area contributed by atoms with Crippen molar-refractivity contribution in [1.82, 2.24) is 9.62 Å². The van der Waals surface area contributed by atoms with Crippen LogP contribution in [0, 0.1) is 0 Å². The molecule has 0 fully saturated rings. The lowest BCUT2D eigenvalue weighted by Crippen LogP contribution is -2.35.